The van der Waals surface area contributed by atoms with Gasteiger partial charge < -0.3 is 9.47 Å². The fraction of sp³-hybridized carbons (Fsp3) is 0.200. The molecule has 0 radical (unpaired) electrons. The molecule has 2 heteroatoms. The number of hydrogen-bond acceptors (Lipinski definition) is 2. The van der Waals surface area contributed by atoms with Crippen LogP contribution in [0.2, 0.25) is 0 Å². The SMILES string of the molecule is COc1ccc(CCc2cccc(-c3cccc(CCc4ccc(OC)cc4)c3)c2)cc1. The molecule has 162 valence electrons. The Morgan fingerprint density at radius 3 is 1.19 bits per heavy atom. The first-order valence-electron chi connectivity index (χ1n) is 11.2. The summed E-state index contributed by atoms with van der Waals surface area (Å²) < 4.78 is 10.5. The first-order chi connectivity index (χ1) is 15.7. The Bertz CT molecular complexity index is 1040. The van der Waals surface area contributed by atoms with Crippen LogP contribution in [0.1, 0.15) is 22.3 Å². The molecule has 0 heterocycles. The van der Waals surface area contributed by atoms with E-state index in [0.717, 1.165) is 37.2 Å². The highest BCUT2D eigenvalue weighted by Crippen LogP contribution is 2.23. The summed E-state index contributed by atoms with van der Waals surface area (Å²) in [5.41, 5.74) is 7.95. The average molecular weight is 423 g/mol. The van der Waals surface area contributed by atoms with E-state index in [1.54, 1.807) is 14.2 Å². The molecule has 4 aromatic carbocycles. The van der Waals surface area contributed by atoms with Gasteiger partial charge in [-0.3, -0.25) is 0 Å². The molecule has 0 fully saturated rings. The smallest absolute Gasteiger partial charge is 0.118 e. The number of methoxy groups -OCH3 is 2. The van der Waals surface area contributed by atoms with E-state index in [-0.39, 0.29) is 0 Å². The van der Waals surface area contributed by atoms with Crippen LogP contribution in [0.4, 0.5) is 0 Å². The lowest BCUT2D eigenvalue weighted by molar-refractivity contribution is 0.414. The molecule has 0 aliphatic heterocycles. The molecule has 4 aromatic rings. The number of rotatable bonds is 9. The van der Waals surface area contributed by atoms with Gasteiger partial charge in [-0.15, -0.1) is 0 Å². The van der Waals surface area contributed by atoms with Gasteiger partial charge in [-0.05, 0) is 83.3 Å². The lowest BCUT2D eigenvalue weighted by Crippen LogP contribution is -1.94. The van der Waals surface area contributed by atoms with Crippen molar-refractivity contribution in [1.29, 1.82) is 0 Å². The topological polar surface area (TPSA) is 18.5 Å². The van der Waals surface area contributed by atoms with E-state index < -0.39 is 0 Å². The van der Waals surface area contributed by atoms with Gasteiger partial charge in [0.15, 0.2) is 0 Å². The third-order valence-corrected chi connectivity index (χ3v) is 5.91. The summed E-state index contributed by atoms with van der Waals surface area (Å²) in [7, 11) is 3.41. The summed E-state index contributed by atoms with van der Waals surface area (Å²) in [6, 6.07) is 34.6. The van der Waals surface area contributed by atoms with Crippen molar-refractivity contribution in [2.45, 2.75) is 25.7 Å². The van der Waals surface area contributed by atoms with Crippen LogP contribution in [0.25, 0.3) is 11.1 Å². The Balaban J connectivity index is 1.40. The van der Waals surface area contributed by atoms with Gasteiger partial charge in [-0.1, -0.05) is 72.8 Å². The van der Waals surface area contributed by atoms with Crippen LogP contribution >= 0.6 is 0 Å². The van der Waals surface area contributed by atoms with Crippen LogP contribution in [0.15, 0.2) is 97.1 Å². The van der Waals surface area contributed by atoms with E-state index in [0.29, 0.717) is 0 Å². The first kappa shape index (κ1) is 21.7. The molecule has 0 N–H and O–H groups in total. The van der Waals surface area contributed by atoms with Crippen molar-refractivity contribution in [3.63, 3.8) is 0 Å². The van der Waals surface area contributed by atoms with Gasteiger partial charge in [-0.2, -0.15) is 0 Å². The molecule has 0 saturated heterocycles. The summed E-state index contributed by atoms with van der Waals surface area (Å²) in [4.78, 5) is 0. The highest BCUT2D eigenvalue weighted by atomic mass is 16.5. The molecule has 0 spiro atoms. The van der Waals surface area contributed by atoms with Crippen LogP contribution in [-0.4, -0.2) is 14.2 Å². The van der Waals surface area contributed by atoms with Gasteiger partial charge >= 0.3 is 0 Å². The Morgan fingerprint density at radius 2 is 0.812 bits per heavy atom. The number of ether oxygens (including phenoxy) is 2. The maximum atomic E-state index is 5.25. The maximum absolute atomic E-state index is 5.25. The minimum atomic E-state index is 0.905. The fourth-order valence-electron chi connectivity index (χ4n) is 3.97. The zero-order valence-electron chi connectivity index (χ0n) is 18.9. The highest BCUT2D eigenvalue weighted by molar-refractivity contribution is 5.65. The molecule has 32 heavy (non-hydrogen) atoms. The summed E-state index contributed by atoms with van der Waals surface area (Å²) >= 11 is 0. The van der Waals surface area contributed by atoms with Crippen molar-refractivity contribution < 1.29 is 9.47 Å². The molecular weight excluding hydrogens is 392 g/mol. The molecule has 0 aliphatic rings. The lowest BCUT2D eigenvalue weighted by atomic mass is 9.96. The highest BCUT2D eigenvalue weighted by Gasteiger charge is 2.04. The van der Waals surface area contributed by atoms with Gasteiger partial charge in [0.2, 0.25) is 0 Å². The Kier molecular flexibility index (Phi) is 7.24. The summed E-state index contributed by atoms with van der Waals surface area (Å²) in [5.74, 6) is 1.81. The molecule has 0 unspecified atom stereocenters. The number of benzene rings is 4. The first-order valence-corrected chi connectivity index (χ1v) is 11.2. The molecule has 4 rings (SSSR count). The lowest BCUT2D eigenvalue weighted by Gasteiger charge is -2.09. The van der Waals surface area contributed by atoms with Crippen LogP contribution in [0.5, 0.6) is 11.5 Å². The van der Waals surface area contributed by atoms with Gasteiger partial charge in [-0.25, -0.2) is 0 Å². The zero-order chi connectivity index (χ0) is 22.2. The Labute approximate surface area is 191 Å². The molecule has 0 bridgehead atoms. The van der Waals surface area contributed by atoms with Crippen molar-refractivity contribution in [2.24, 2.45) is 0 Å². The van der Waals surface area contributed by atoms with Crippen molar-refractivity contribution in [1.82, 2.24) is 0 Å². The van der Waals surface area contributed by atoms with Crippen molar-refractivity contribution >= 4 is 0 Å². The minimum absolute atomic E-state index is 0.905. The largest absolute Gasteiger partial charge is 0.497 e. The van der Waals surface area contributed by atoms with Gasteiger partial charge in [0.25, 0.3) is 0 Å². The average Bonchev–Trinajstić information content (AvgIpc) is 2.87. The van der Waals surface area contributed by atoms with Crippen molar-refractivity contribution in [3.8, 4) is 22.6 Å². The predicted octanol–water partition coefficient (Wildman–Crippen LogP) is 6.94. The third kappa shape index (κ3) is 5.79. The van der Waals surface area contributed by atoms with Gasteiger partial charge in [0.05, 0.1) is 14.2 Å². The van der Waals surface area contributed by atoms with Crippen molar-refractivity contribution in [2.75, 3.05) is 14.2 Å². The standard InChI is InChI=1S/C30H30O2/c1-31-29-17-13-23(14-18-29)9-11-25-5-3-7-27(21-25)28-8-4-6-26(22-28)12-10-24-15-19-30(32-2)20-16-24/h3-8,13-22H,9-12H2,1-2H3. The van der Waals surface area contributed by atoms with Gasteiger partial charge in [0, 0.05) is 0 Å². The van der Waals surface area contributed by atoms with E-state index in [4.69, 9.17) is 9.47 Å². The molecule has 0 saturated carbocycles. The van der Waals surface area contributed by atoms with Gasteiger partial charge in [0.1, 0.15) is 11.5 Å². The zero-order valence-corrected chi connectivity index (χ0v) is 18.9. The number of aryl methyl sites for hydroxylation is 4. The molecule has 0 aliphatic carbocycles. The normalized spacial score (nSPS) is 10.7. The second-order valence-corrected chi connectivity index (χ2v) is 8.10. The van der Waals surface area contributed by atoms with E-state index in [1.807, 2.05) is 24.3 Å². The van der Waals surface area contributed by atoms with E-state index in [1.165, 1.54) is 33.4 Å². The van der Waals surface area contributed by atoms with Crippen LogP contribution < -0.4 is 9.47 Å². The maximum Gasteiger partial charge on any atom is 0.118 e. The van der Waals surface area contributed by atoms with Crippen LogP contribution in [0.3, 0.4) is 0 Å². The molecular formula is C30H30O2. The van der Waals surface area contributed by atoms with E-state index in [9.17, 15) is 0 Å². The molecule has 0 amide bonds. The van der Waals surface area contributed by atoms with Crippen LogP contribution in [-0.2, 0) is 25.7 Å². The fourth-order valence-corrected chi connectivity index (χ4v) is 3.97. The van der Waals surface area contributed by atoms with E-state index in [2.05, 4.69) is 72.8 Å². The summed E-state index contributed by atoms with van der Waals surface area (Å²) in [6.45, 7) is 0. The summed E-state index contributed by atoms with van der Waals surface area (Å²) in [5, 5.41) is 0. The molecule has 2 nitrogen and oxygen atoms in total. The Morgan fingerprint density at radius 1 is 0.438 bits per heavy atom. The minimum Gasteiger partial charge on any atom is -0.497 e. The monoisotopic (exact) mass is 422 g/mol. The van der Waals surface area contributed by atoms with E-state index >= 15 is 0 Å². The molecule has 0 atom stereocenters. The van der Waals surface area contributed by atoms with Crippen LogP contribution in [0, 0.1) is 0 Å². The quantitative estimate of drug-likeness (QED) is 0.291. The summed E-state index contributed by atoms with van der Waals surface area (Å²) in [6.07, 6.45) is 4.10. The second-order valence-electron chi connectivity index (χ2n) is 8.10. The second kappa shape index (κ2) is 10.7. The number of hydrogen-bond donors (Lipinski definition) is 0. The van der Waals surface area contributed by atoms with Crippen molar-refractivity contribution in [3.05, 3.63) is 119 Å². The molecule has 0 aromatic heterocycles. The Hall–Kier alpha value is -3.52. The third-order valence-electron chi connectivity index (χ3n) is 5.91. The predicted molar refractivity (Wildman–Crippen MR) is 133 cm³/mol.